The fraction of sp³-hybridized carbons (Fsp3) is 0.600. The van der Waals surface area contributed by atoms with Crippen molar-refractivity contribution in [2.75, 3.05) is 6.61 Å². The molecular formula is C25H32N2O2. The van der Waals surface area contributed by atoms with Crippen LogP contribution in [0.5, 0.6) is 0 Å². The van der Waals surface area contributed by atoms with Gasteiger partial charge in [-0.1, -0.05) is 39.0 Å². The highest BCUT2D eigenvalue weighted by Gasteiger charge is 2.68. The van der Waals surface area contributed by atoms with Crippen LogP contribution in [0, 0.1) is 22.7 Å². The topological polar surface area (TPSA) is 51.2 Å². The van der Waals surface area contributed by atoms with Crippen LogP contribution in [0.25, 0.3) is 10.9 Å². The van der Waals surface area contributed by atoms with Crippen LogP contribution in [-0.4, -0.2) is 23.5 Å². The Labute approximate surface area is 173 Å². The number of amides is 1. The Kier molecular flexibility index (Phi) is 4.47. The van der Waals surface area contributed by atoms with E-state index in [-0.39, 0.29) is 28.9 Å². The minimum absolute atomic E-state index is 0.0864. The van der Waals surface area contributed by atoms with Gasteiger partial charge in [0.05, 0.1) is 11.6 Å². The molecule has 3 aliphatic rings. The largest absolute Gasteiger partial charge is 0.373 e. The molecule has 0 unspecified atom stereocenters. The molecule has 1 N–H and O–H groups in total. The zero-order valence-corrected chi connectivity index (χ0v) is 17.8. The van der Waals surface area contributed by atoms with E-state index in [9.17, 15) is 4.79 Å². The number of hydrogen-bond acceptors (Lipinski definition) is 3. The number of nitrogens with zero attached hydrogens (tertiary/aromatic N) is 1. The van der Waals surface area contributed by atoms with Crippen molar-refractivity contribution in [3.63, 3.8) is 0 Å². The number of benzene rings is 1. The molecule has 2 bridgehead atoms. The summed E-state index contributed by atoms with van der Waals surface area (Å²) in [6, 6.07) is 10.8. The average molecular weight is 393 g/mol. The summed E-state index contributed by atoms with van der Waals surface area (Å²) in [6.45, 7) is 7.57. The third kappa shape index (κ3) is 2.75. The second kappa shape index (κ2) is 6.80. The van der Waals surface area contributed by atoms with Crippen molar-refractivity contribution in [2.45, 2.75) is 65.0 Å². The monoisotopic (exact) mass is 392 g/mol. The quantitative estimate of drug-likeness (QED) is 0.794. The Bertz CT molecular complexity index is 934. The van der Waals surface area contributed by atoms with Gasteiger partial charge in [-0.05, 0) is 66.0 Å². The molecule has 1 spiro atoms. The van der Waals surface area contributed by atoms with E-state index in [0.29, 0.717) is 18.3 Å². The number of hydrogen-bond donors (Lipinski definition) is 1. The van der Waals surface area contributed by atoms with Crippen molar-refractivity contribution in [1.29, 1.82) is 0 Å². The summed E-state index contributed by atoms with van der Waals surface area (Å²) in [5, 5.41) is 4.69. The summed E-state index contributed by atoms with van der Waals surface area (Å²) in [7, 11) is 0. The van der Waals surface area contributed by atoms with Crippen LogP contribution in [0.2, 0.25) is 0 Å². The first-order chi connectivity index (χ1) is 14.0. The van der Waals surface area contributed by atoms with Crippen LogP contribution in [0.4, 0.5) is 0 Å². The molecule has 4 nitrogen and oxygen atoms in total. The molecule has 29 heavy (non-hydrogen) atoms. The predicted octanol–water partition coefficient (Wildman–Crippen LogP) is 5.03. The van der Waals surface area contributed by atoms with E-state index in [0.717, 1.165) is 25.0 Å². The number of rotatable bonds is 4. The summed E-state index contributed by atoms with van der Waals surface area (Å²) in [4.78, 5) is 17.2. The lowest BCUT2D eigenvalue weighted by molar-refractivity contribution is -0.137. The SMILES string of the molecule is CCCC(=O)N[C@H]1C(C)(C)[C@@H]2C[C@@H]3[C@@H](c4cccc5ncccc45)OCC[C@@]31C2. The van der Waals surface area contributed by atoms with Gasteiger partial charge < -0.3 is 10.1 Å². The fourth-order valence-corrected chi connectivity index (χ4v) is 6.93. The molecule has 1 aromatic carbocycles. The second-order valence-corrected chi connectivity index (χ2v) is 10.0. The van der Waals surface area contributed by atoms with E-state index in [1.54, 1.807) is 0 Å². The molecule has 5 rings (SSSR count). The van der Waals surface area contributed by atoms with Crippen molar-refractivity contribution >= 4 is 16.8 Å². The lowest BCUT2D eigenvalue weighted by Gasteiger charge is -2.53. The van der Waals surface area contributed by atoms with Gasteiger partial charge in [-0.25, -0.2) is 0 Å². The normalized spacial score (nSPS) is 34.9. The van der Waals surface area contributed by atoms with Gasteiger partial charge in [0.2, 0.25) is 5.91 Å². The summed E-state index contributed by atoms with van der Waals surface area (Å²) in [5.74, 6) is 1.30. The second-order valence-electron chi connectivity index (χ2n) is 10.0. The first-order valence-electron chi connectivity index (χ1n) is 11.2. The minimum atomic E-state index is 0.0864. The van der Waals surface area contributed by atoms with E-state index >= 15 is 0 Å². The number of aromatic nitrogens is 1. The van der Waals surface area contributed by atoms with E-state index in [1.807, 2.05) is 12.3 Å². The molecule has 5 atom stereocenters. The van der Waals surface area contributed by atoms with Crippen LogP contribution >= 0.6 is 0 Å². The molecular weight excluding hydrogens is 360 g/mol. The van der Waals surface area contributed by atoms with Crippen molar-refractivity contribution in [3.05, 3.63) is 42.1 Å². The number of fused-ring (bicyclic) bond motifs is 2. The van der Waals surface area contributed by atoms with Crippen molar-refractivity contribution in [2.24, 2.45) is 22.7 Å². The van der Waals surface area contributed by atoms with Crippen LogP contribution in [-0.2, 0) is 9.53 Å². The smallest absolute Gasteiger partial charge is 0.220 e. The summed E-state index contributed by atoms with van der Waals surface area (Å²) in [5.41, 5.74) is 2.58. The lowest BCUT2D eigenvalue weighted by atomic mass is 9.58. The maximum atomic E-state index is 12.6. The predicted molar refractivity (Wildman–Crippen MR) is 114 cm³/mol. The Morgan fingerprint density at radius 1 is 1.28 bits per heavy atom. The van der Waals surface area contributed by atoms with Gasteiger partial charge >= 0.3 is 0 Å². The highest BCUT2D eigenvalue weighted by atomic mass is 16.5. The van der Waals surface area contributed by atoms with Crippen molar-refractivity contribution < 1.29 is 9.53 Å². The molecule has 0 radical (unpaired) electrons. The number of pyridine rings is 1. The minimum Gasteiger partial charge on any atom is -0.373 e. The standard InChI is InChI=1S/C25H32N2O2/c1-4-7-21(28)27-23-24(2,3)16-14-19-22(29-13-11-25(19,23)15-16)18-8-5-10-20-17(18)9-6-12-26-20/h5-6,8-10,12,16,19,22-23H,4,7,11,13-15H2,1-3H3,(H,27,28)/t16-,19-,22-,23+,25-/m1/s1. The molecule has 1 saturated heterocycles. The number of ether oxygens (including phenoxy) is 1. The maximum absolute atomic E-state index is 12.6. The van der Waals surface area contributed by atoms with E-state index in [1.165, 1.54) is 23.8 Å². The number of nitrogens with one attached hydrogen (secondary N) is 1. The van der Waals surface area contributed by atoms with Gasteiger partial charge in [-0.2, -0.15) is 0 Å². The molecule has 2 aromatic rings. The van der Waals surface area contributed by atoms with Crippen molar-refractivity contribution in [1.82, 2.24) is 10.3 Å². The molecule has 2 saturated carbocycles. The van der Waals surface area contributed by atoms with Gasteiger partial charge in [0.1, 0.15) is 0 Å². The molecule has 1 amide bonds. The van der Waals surface area contributed by atoms with Gasteiger partial charge in [0.15, 0.2) is 0 Å². The van der Waals surface area contributed by atoms with E-state index in [4.69, 9.17) is 4.74 Å². The third-order valence-corrected chi connectivity index (χ3v) is 8.27. The Morgan fingerprint density at radius 2 is 2.14 bits per heavy atom. The number of carbonyl (C=O) groups is 1. The molecule has 2 heterocycles. The van der Waals surface area contributed by atoms with Crippen LogP contribution in [0.3, 0.4) is 0 Å². The summed E-state index contributed by atoms with van der Waals surface area (Å²) >= 11 is 0. The maximum Gasteiger partial charge on any atom is 0.220 e. The molecule has 2 aliphatic carbocycles. The fourth-order valence-electron chi connectivity index (χ4n) is 6.93. The molecule has 154 valence electrons. The van der Waals surface area contributed by atoms with E-state index in [2.05, 4.69) is 55.3 Å². The van der Waals surface area contributed by atoms with Gasteiger partial charge in [-0.3, -0.25) is 9.78 Å². The molecule has 4 heteroatoms. The third-order valence-electron chi connectivity index (χ3n) is 8.27. The van der Waals surface area contributed by atoms with Crippen LogP contribution in [0.1, 0.15) is 64.5 Å². The molecule has 3 fully saturated rings. The van der Waals surface area contributed by atoms with Crippen molar-refractivity contribution in [3.8, 4) is 0 Å². The van der Waals surface area contributed by atoms with Gasteiger partial charge in [-0.15, -0.1) is 0 Å². The zero-order chi connectivity index (χ0) is 20.2. The molecule has 1 aromatic heterocycles. The highest BCUT2D eigenvalue weighted by molar-refractivity contribution is 5.82. The van der Waals surface area contributed by atoms with Crippen LogP contribution < -0.4 is 5.32 Å². The summed E-state index contributed by atoms with van der Waals surface area (Å²) < 4.78 is 6.46. The zero-order valence-electron chi connectivity index (χ0n) is 17.8. The van der Waals surface area contributed by atoms with E-state index < -0.39 is 0 Å². The Hall–Kier alpha value is -1.94. The van der Waals surface area contributed by atoms with Crippen LogP contribution in [0.15, 0.2) is 36.5 Å². The average Bonchev–Trinajstić information content (AvgIpc) is 3.20. The lowest BCUT2D eigenvalue weighted by Crippen LogP contribution is -2.58. The molecule has 1 aliphatic heterocycles. The first-order valence-corrected chi connectivity index (χ1v) is 11.2. The summed E-state index contributed by atoms with van der Waals surface area (Å²) in [6.07, 6.45) is 6.91. The first kappa shape index (κ1) is 19.0. The van der Waals surface area contributed by atoms with Gasteiger partial charge in [0.25, 0.3) is 0 Å². The Balaban J connectivity index is 1.54. The highest BCUT2D eigenvalue weighted by Crippen LogP contribution is 2.70. The van der Waals surface area contributed by atoms with Gasteiger partial charge in [0, 0.05) is 30.7 Å². The Morgan fingerprint density at radius 3 is 2.97 bits per heavy atom. The number of carbonyl (C=O) groups excluding carboxylic acids is 1.